The van der Waals surface area contributed by atoms with Crippen LogP contribution in [-0.2, 0) is 19.1 Å². The second-order valence-corrected chi connectivity index (χ2v) is 5.36. The SMILES string of the molecule is O=C1OC(C2=CCC=CC=C2)=N/C1=C1/N=C(c2ccccc2)OC1=O. The van der Waals surface area contributed by atoms with Gasteiger partial charge in [0.25, 0.3) is 0 Å². The van der Waals surface area contributed by atoms with Gasteiger partial charge < -0.3 is 9.47 Å². The number of hydrogen-bond donors (Lipinski definition) is 0. The van der Waals surface area contributed by atoms with Crippen molar-refractivity contribution in [2.45, 2.75) is 6.42 Å². The van der Waals surface area contributed by atoms with E-state index in [4.69, 9.17) is 9.47 Å². The summed E-state index contributed by atoms with van der Waals surface area (Å²) >= 11 is 0. The van der Waals surface area contributed by atoms with Gasteiger partial charge in [0.05, 0.1) is 0 Å². The molecule has 0 saturated heterocycles. The molecule has 0 radical (unpaired) electrons. The predicted octanol–water partition coefficient (Wildman–Crippen LogP) is 2.60. The Bertz CT molecular complexity index is 947. The number of allylic oxidation sites excluding steroid dienone is 4. The van der Waals surface area contributed by atoms with Gasteiger partial charge in [-0.1, -0.05) is 42.5 Å². The van der Waals surface area contributed by atoms with Crippen molar-refractivity contribution in [3.63, 3.8) is 0 Å². The molecule has 3 aliphatic rings. The van der Waals surface area contributed by atoms with Crippen LogP contribution in [0.3, 0.4) is 0 Å². The molecule has 0 amide bonds. The van der Waals surface area contributed by atoms with Gasteiger partial charge in [0.15, 0.2) is 11.4 Å². The van der Waals surface area contributed by atoms with Gasteiger partial charge in [0.2, 0.25) is 11.8 Å². The van der Waals surface area contributed by atoms with Crippen molar-refractivity contribution in [3.05, 3.63) is 83.2 Å². The van der Waals surface area contributed by atoms with Crippen molar-refractivity contribution in [2.75, 3.05) is 0 Å². The highest BCUT2D eigenvalue weighted by atomic mass is 16.6. The van der Waals surface area contributed by atoms with E-state index in [1.54, 1.807) is 30.3 Å². The summed E-state index contributed by atoms with van der Waals surface area (Å²) in [5.41, 5.74) is 1.03. The standard InChI is InChI=1S/C19H12N2O4/c22-18-14(20-16(24-18)12-8-4-1-2-5-9-12)15-19(23)25-17(21-15)13-10-6-3-7-11-13/h1-4,6-11H,5H2/b15-14+. The summed E-state index contributed by atoms with van der Waals surface area (Å²) in [4.78, 5) is 32.6. The van der Waals surface area contributed by atoms with Crippen LogP contribution in [0.1, 0.15) is 12.0 Å². The van der Waals surface area contributed by atoms with Gasteiger partial charge in [-0.15, -0.1) is 0 Å². The summed E-state index contributed by atoms with van der Waals surface area (Å²) in [7, 11) is 0. The molecule has 1 aromatic carbocycles. The summed E-state index contributed by atoms with van der Waals surface area (Å²) in [5, 5.41) is 0. The number of carbonyl (C=O) groups excluding carboxylic acids is 2. The van der Waals surface area contributed by atoms with Crippen LogP contribution in [0.15, 0.2) is 87.7 Å². The van der Waals surface area contributed by atoms with Gasteiger partial charge in [-0.3, -0.25) is 0 Å². The highest BCUT2D eigenvalue weighted by molar-refractivity contribution is 6.18. The number of carbonyl (C=O) groups is 2. The monoisotopic (exact) mass is 332 g/mol. The van der Waals surface area contributed by atoms with Gasteiger partial charge in [-0.2, -0.15) is 0 Å². The first-order valence-electron chi connectivity index (χ1n) is 7.67. The largest absolute Gasteiger partial charge is 0.402 e. The summed E-state index contributed by atoms with van der Waals surface area (Å²) in [5.74, 6) is -1.14. The highest BCUT2D eigenvalue weighted by Gasteiger charge is 2.35. The summed E-state index contributed by atoms with van der Waals surface area (Å²) < 4.78 is 10.4. The number of aliphatic imine (C=N–C) groups is 2. The Labute approximate surface area is 143 Å². The average Bonchev–Trinajstić information content (AvgIpc) is 3.07. The number of esters is 2. The first-order valence-corrected chi connectivity index (χ1v) is 7.67. The Morgan fingerprint density at radius 3 is 2.28 bits per heavy atom. The van der Waals surface area contributed by atoms with Crippen molar-refractivity contribution >= 4 is 23.7 Å². The van der Waals surface area contributed by atoms with Crippen molar-refractivity contribution in [1.82, 2.24) is 0 Å². The molecular formula is C19H12N2O4. The lowest BCUT2D eigenvalue weighted by Crippen LogP contribution is -2.08. The molecule has 122 valence electrons. The fraction of sp³-hybridized carbons (Fsp3) is 0.0526. The van der Waals surface area contributed by atoms with E-state index in [2.05, 4.69) is 9.98 Å². The lowest BCUT2D eigenvalue weighted by atomic mass is 10.2. The van der Waals surface area contributed by atoms with E-state index in [1.807, 2.05) is 30.4 Å². The zero-order valence-corrected chi connectivity index (χ0v) is 13.0. The lowest BCUT2D eigenvalue weighted by Gasteiger charge is -1.98. The molecule has 0 saturated carbocycles. The van der Waals surface area contributed by atoms with Crippen molar-refractivity contribution in [2.24, 2.45) is 9.98 Å². The van der Waals surface area contributed by atoms with Crippen molar-refractivity contribution in [1.29, 1.82) is 0 Å². The molecule has 25 heavy (non-hydrogen) atoms. The van der Waals surface area contributed by atoms with Crippen LogP contribution >= 0.6 is 0 Å². The molecule has 0 bridgehead atoms. The number of hydrogen-bond acceptors (Lipinski definition) is 6. The molecule has 1 aromatic rings. The molecule has 1 aliphatic carbocycles. The molecule has 0 aromatic heterocycles. The van der Waals surface area contributed by atoms with E-state index in [-0.39, 0.29) is 23.2 Å². The normalized spacial score (nSPS) is 22.2. The van der Waals surface area contributed by atoms with Crippen LogP contribution in [0.4, 0.5) is 0 Å². The van der Waals surface area contributed by atoms with Gasteiger partial charge in [0, 0.05) is 11.1 Å². The molecule has 2 heterocycles. The average molecular weight is 332 g/mol. The molecular weight excluding hydrogens is 320 g/mol. The fourth-order valence-electron chi connectivity index (χ4n) is 2.48. The molecule has 0 atom stereocenters. The van der Waals surface area contributed by atoms with Crippen LogP contribution in [-0.4, -0.2) is 23.7 Å². The molecule has 6 nitrogen and oxygen atoms in total. The first kappa shape index (κ1) is 15.0. The maximum atomic E-state index is 12.2. The van der Waals surface area contributed by atoms with Crippen LogP contribution in [0.25, 0.3) is 0 Å². The Hall–Kier alpha value is -3.54. The number of benzene rings is 1. The van der Waals surface area contributed by atoms with Gasteiger partial charge in [-0.25, -0.2) is 19.6 Å². The zero-order chi connectivity index (χ0) is 17.2. The van der Waals surface area contributed by atoms with Gasteiger partial charge in [0.1, 0.15) is 0 Å². The molecule has 0 unspecified atom stereocenters. The van der Waals surface area contributed by atoms with Crippen molar-refractivity contribution in [3.8, 4) is 0 Å². The third-order valence-electron chi connectivity index (χ3n) is 3.68. The van der Waals surface area contributed by atoms with Gasteiger partial charge >= 0.3 is 11.9 Å². The number of cyclic esters (lactones) is 2. The van der Waals surface area contributed by atoms with E-state index < -0.39 is 11.9 Å². The zero-order valence-electron chi connectivity index (χ0n) is 13.0. The maximum absolute atomic E-state index is 12.2. The minimum absolute atomic E-state index is 0.141. The summed E-state index contributed by atoms with van der Waals surface area (Å²) in [6.07, 6.45) is 10.1. The second-order valence-electron chi connectivity index (χ2n) is 5.36. The Morgan fingerprint density at radius 1 is 0.840 bits per heavy atom. The van der Waals surface area contributed by atoms with Crippen LogP contribution in [0, 0.1) is 0 Å². The van der Waals surface area contributed by atoms with Crippen molar-refractivity contribution < 1.29 is 19.1 Å². The molecule has 0 spiro atoms. The number of rotatable bonds is 2. The first-order chi connectivity index (χ1) is 12.2. The molecule has 4 rings (SSSR count). The number of nitrogens with zero attached hydrogens (tertiary/aromatic N) is 2. The Kier molecular flexibility index (Phi) is 3.70. The van der Waals surface area contributed by atoms with Crippen LogP contribution < -0.4 is 0 Å². The Morgan fingerprint density at radius 2 is 1.52 bits per heavy atom. The summed E-state index contributed by atoms with van der Waals surface area (Å²) in [6.45, 7) is 0. The second kappa shape index (κ2) is 6.16. The molecule has 0 fully saturated rings. The minimum Gasteiger partial charge on any atom is -0.402 e. The molecule has 6 heteroatoms. The smallest absolute Gasteiger partial charge is 0.366 e. The van der Waals surface area contributed by atoms with Crippen LogP contribution in [0.2, 0.25) is 0 Å². The predicted molar refractivity (Wildman–Crippen MR) is 90.6 cm³/mol. The third-order valence-corrected chi connectivity index (χ3v) is 3.68. The number of ether oxygens (including phenoxy) is 2. The topological polar surface area (TPSA) is 77.3 Å². The maximum Gasteiger partial charge on any atom is 0.366 e. The van der Waals surface area contributed by atoms with E-state index in [0.717, 1.165) is 0 Å². The highest BCUT2D eigenvalue weighted by Crippen LogP contribution is 2.26. The molecule has 2 aliphatic heterocycles. The summed E-state index contributed by atoms with van der Waals surface area (Å²) in [6, 6.07) is 8.96. The molecule has 0 N–H and O–H groups in total. The van der Waals surface area contributed by atoms with E-state index >= 15 is 0 Å². The minimum atomic E-state index is -0.720. The van der Waals surface area contributed by atoms with E-state index in [0.29, 0.717) is 17.6 Å². The van der Waals surface area contributed by atoms with Crippen LogP contribution in [0.5, 0.6) is 0 Å². The van der Waals surface area contributed by atoms with Gasteiger partial charge in [-0.05, 0) is 24.6 Å². The fourth-order valence-corrected chi connectivity index (χ4v) is 2.48. The third kappa shape index (κ3) is 2.85. The van der Waals surface area contributed by atoms with E-state index in [1.165, 1.54) is 0 Å². The lowest BCUT2D eigenvalue weighted by molar-refractivity contribution is -0.132. The van der Waals surface area contributed by atoms with E-state index in [9.17, 15) is 9.59 Å². The Balaban J connectivity index is 1.72. The quantitative estimate of drug-likeness (QED) is 0.616.